The molecule has 1 aliphatic heterocycles. The number of nitrogens with zero attached hydrogens (tertiary/aromatic N) is 3. The summed E-state index contributed by atoms with van der Waals surface area (Å²) >= 11 is 0. The van der Waals surface area contributed by atoms with Crippen molar-refractivity contribution in [2.24, 2.45) is 0 Å². The first-order valence-corrected chi connectivity index (χ1v) is 6.83. The molecule has 0 N–H and O–H groups in total. The molecule has 0 saturated carbocycles. The van der Waals surface area contributed by atoms with Gasteiger partial charge in [0.25, 0.3) is 0 Å². The molecule has 0 unspecified atom stereocenters. The van der Waals surface area contributed by atoms with E-state index in [1.165, 1.54) is 5.56 Å². The summed E-state index contributed by atoms with van der Waals surface area (Å²) in [7, 11) is 0. The third kappa shape index (κ3) is 2.89. The van der Waals surface area contributed by atoms with Crippen LogP contribution in [0.4, 0.5) is 0 Å². The Morgan fingerprint density at radius 2 is 1.90 bits per heavy atom. The Morgan fingerprint density at radius 3 is 2.60 bits per heavy atom. The fourth-order valence-electron chi connectivity index (χ4n) is 2.32. The molecule has 0 aliphatic carbocycles. The van der Waals surface area contributed by atoms with Crippen molar-refractivity contribution < 1.29 is 9.47 Å². The Bertz CT molecular complexity index is 556. The molecule has 1 saturated heterocycles. The summed E-state index contributed by atoms with van der Waals surface area (Å²) in [5.74, 6) is 0.555. The zero-order valence-electron chi connectivity index (χ0n) is 11.8. The molecule has 1 aromatic heterocycles. The molecule has 0 amide bonds. The van der Waals surface area contributed by atoms with Crippen molar-refractivity contribution in [2.75, 3.05) is 13.2 Å². The fraction of sp³-hybridized carbons (Fsp3) is 0.467. The molecule has 0 spiro atoms. The van der Waals surface area contributed by atoms with Crippen molar-refractivity contribution in [1.82, 2.24) is 14.8 Å². The summed E-state index contributed by atoms with van der Waals surface area (Å²) in [6, 6.07) is 10.3. The number of rotatable bonds is 3. The van der Waals surface area contributed by atoms with Gasteiger partial charge >= 0.3 is 0 Å². The minimum absolute atomic E-state index is 0.134. The first kappa shape index (κ1) is 13.3. The topological polar surface area (TPSA) is 49.2 Å². The van der Waals surface area contributed by atoms with Crippen molar-refractivity contribution in [1.29, 1.82) is 0 Å². The van der Waals surface area contributed by atoms with Crippen LogP contribution in [0, 0.1) is 0 Å². The molecule has 0 atom stereocenters. The van der Waals surface area contributed by atoms with E-state index < -0.39 is 5.79 Å². The molecule has 3 rings (SSSR count). The lowest BCUT2D eigenvalue weighted by molar-refractivity contribution is -0.252. The molecular formula is C15H19N3O2. The zero-order valence-corrected chi connectivity index (χ0v) is 11.8. The van der Waals surface area contributed by atoms with Crippen molar-refractivity contribution >= 4 is 0 Å². The van der Waals surface area contributed by atoms with Gasteiger partial charge in [0.1, 0.15) is 12.2 Å². The maximum atomic E-state index is 5.70. The molecule has 1 aromatic carbocycles. The standard InChI is InChI=1S/C15H19N3O2/c1-15(2)19-9-13(10-20-15)14-17-16-11-18(14)8-12-6-4-3-5-7-12/h3-7,11,13H,8-10H2,1-2H3. The van der Waals surface area contributed by atoms with E-state index in [1.807, 2.05) is 32.0 Å². The van der Waals surface area contributed by atoms with Gasteiger partial charge in [0.2, 0.25) is 0 Å². The van der Waals surface area contributed by atoms with Gasteiger partial charge in [-0.05, 0) is 19.4 Å². The largest absolute Gasteiger partial charge is 0.350 e. The normalized spacial score (nSPS) is 19.1. The van der Waals surface area contributed by atoms with Gasteiger partial charge in [0, 0.05) is 0 Å². The van der Waals surface area contributed by atoms with Gasteiger partial charge in [-0.3, -0.25) is 0 Å². The van der Waals surface area contributed by atoms with Crippen molar-refractivity contribution in [3.8, 4) is 0 Å². The van der Waals surface area contributed by atoms with E-state index in [-0.39, 0.29) is 5.92 Å². The van der Waals surface area contributed by atoms with Crippen molar-refractivity contribution in [3.63, 3.8) is 0 Å². The monoisotopic (exact) mass is 273 g/mol. The average molecular weight is 273 g/mol. The van der Waals surface area contributed by atoms with Gasteiger partial charge in [-0.15, -0.1) is 10.2 Å². The lowest BCUT2D eigenvalue weighted by Crippen LogP contribution is -2.39. The van der Waals surface area contributed by atoms with Crippen LogP contribution in [0.3, 0.4) is 0 Å². The third-order valence-electron chi connectivity index (χ3n) is 3.47. The molecule has 106 valence electrons. The predicted octanol–water partition coefficient (Wildman–Crippen LogP) is 2.19. The van der Waals surface area contributed by atoms with Gasteiger partial charge in [-0.2, -0.15) is 0 Å². The van der Waals surface area contributed by atoms with E-state index in [4.69, 9.17) is 9.47 Å². The molecule has 2 heterocycles. The van der Waals surface area contributed by atoms with Crippen LogP contribution in [0.25, 0.3) is 0 Å². The highest BCUT2D eigenvalue weighted by Gasteiger charge is 2.31. The summed E-state index contributed by atoms with van der Waals surface area (Å²) in [5.41, 5.74) is 1.23. The van der Waals surface area contributed by atoms with Crippen LogP contribution in [0.1, 0.15) is 31.2 Å². The minimum atomic E-state index is -0.499. The number of hydrogen-bond acceptors (Lipinski definition) is 4. The van der Waals surface area contributed by atoms with Crippen molar-refractivity contribution in [2.45, 2.75) is 32.1 Å². The number of aromatic nitrogens is 3. The second-order valence-corrected chi connectivity index (χ2v) is 5.52. The van der Waals surface area contributed by atoms with Crippen LogP contribution in [0.2, 0.25) is 0 Å². The van der Waals surface area contributed by atoms with E-state index in [2.05, 4.69) is 26.9 Å². The molecule has 1 fully saturated rings. The molecule has 0 radical (unpaired) electrons. The highest BCUT2D eigenvalue weighted by molar-refractivity contribution is 5.16. The van der Waals surface area contributed by atoms with E-state index >= 15 is 0 Å². The maximum Gasteiger partial charge on any atom is 0.162 e. The summed E-state index contributed by atoms with van der Waals surface area (Å²) in [6.45, 7) is 5.85. The third-order valence-corrected chi connectivity index (χ3v) is 3.47. The van der Waals surface area contributed by atoms with Crippen LogP contribution in [-0.2, 0) is 16.0 Å². The quantitative estimate of drug-likeness (QED) is 0.860. The fourth-order valence-corrected chi connectivity index (χ4v) is 2.32. The summed E-state index contributed by atoms with van der Waals surface area (Å²) < 4.78 is 13.5. The smallest absolute Gasteiger partial charge is 0.162 e. The molecule has 2 aromatic rings. The van der Waals surface area contributed by atoms with Gasteiger partial charge < -0.3 is 14.0 Å². The molecule has 5 heteroatoms. The minimum Gasteiger partial charge on any atom is -0.350 e. The Balaban J connectivity index is 1.74. The first-order chi connectivity index (χ1) is 9.64. The van der Waals surface area contributed by atoms with Crippen LogP contribution in [-0.4, -0.2) is 33.8 Å². The molecule has 5 nitrogen and oxygen atoms in total. The Kier molecular flexibility index (Phi) is 3.54. The lowest BCUT2D eigenvalue weighted by atomic mass is 10.1. The average Bonchev–Trinajstić information content (AvgIpc) is 2.88. The molecule has 0 bridgehead atoms. The Labute approximate surface area is 118 Å². The number of hydrogen-bond donors (Lipinski definition) is 0. The Morgan fingerprint density at radius 1 is 1.20 bits per heavy atom. The van der Waals surface area contributed by atoms with E-state index in [0.717, 1.165) is 12.4 Å². The molecule has 20 heavy (non-hydrogen) atoms. The summed E-state index contributed by atoms with van der Waals surface area (Å²) in [5, 5.41) is 8.27. The van der Waals surface area contributed by atoms with E-state index in [1.54, 1.807) is 6.33 Å². The highest BCUT2D eigenvalue weighted by atomic mass is 16.7. The second kappa shape index (κ2) is 5.34. The van der Waals surface area contributed by atoms with Gasteiger partial charge in [0.05, 0.1) is 25.7 Å². The van der Waals surface area contributed by atoms with Crippen molar-refractivity contribution in [3.05, 3.63) is 48.0 Å². The van der Waals surface area contributed by atoms with E-state index in [0.29, 0.717) is 13.2 Å². The Hall–Kier alpha value is -1.72. The van der Waals surface area contributed by atoms with Gasteiger partial charge in [-0.1, -0.05) is 30.3 Å². The molecular weight excluding hydrogens is 254 g/mol. The first-order valence-electron chi connectivity index (χ1n) is 6.83. The number of benzene rings is 1. The van der Waals surface area contributed by atoms with Gasteiger partial charge in [-0.25, -0.2) is 0 Å². The lowest BCUT2D eigenvalue weighted by Gasteiger charge is -2.34. The highest BCUT2D eigenvalue weighted by Crippen LogP contribution is 2.26. The predicted molar refractivity (Wildman–Crippen MR) is 74.3 cm³/mol. The van der Waals surface area contributed by atoms with Crippen LogP contribution < -0.4 is 0 Å². The summed E-state index contributed by atoms with van der Waals surface area (Å²) in [6.07, 6.45) is 1.77. The summed E-state index contributed by atoms with van der Waals surface area (Å²) in [4.78, 5) is 0. The van der Waals surface area contributed by atoms with Gasteiger partial charge in [0.15, 0.2) is 5.79 Å². The molecule has 1 aliphatic rings. The van der Waals surface area contributed by atoms with Crippen LogP contribution in [0.5, 0.6) is 0 Å². The maximum absolute atomic E-state index is 5.70. The SMILES string of the molecule is CC1(C)OCC(c2nncn2Cc2ccccc2)CO1. The zero-order chi connectivity index (χ0) is 14.0. The van der Waals surface area contributed by atoms with Crippen LogP contribution in [0.15, 0.2) is 36.7 Å². The van der Waals surface area contributed by atoms with E-state index in [9.17, 15) is 0 Å². The number of ether oxygens (including phenoxy) is 2. The second-order valence-electron chi connectivity index (χ2n) is 5.52. The van der Waals surface area contributed by atoms with Crippen LogP contribution >= 0.6 is 0 Å².